The SMILES string of the molecule is COc1ccc(N2C(=O)c3ccccc3C2O)cc1OC1Cc2ccccc2C1. The number of methoxy groups -OCH3 is 1. The van der Waals surface area contributed by atoms with Crippen molar-refractivity contribution in [2.24, 2.45) is 0 Å². The first-order valence-electron chi connectivity index (χ1n) is 9.67. The van der Waals surface area contributed by atoms with Crippen LogP contribution in [0.5, 0.6) is 11.5 Å². The average Bonchev–Trinajstić information content (AvgIpc) is 3.26. The number of hydrogen-bond acceptors (Lipinski definition) is 4. The third kappa shape index (κ3) is 2.95. The lowest BCUT2D eigenvalue weighted by Gasteiger charge is -2.23. The van der Waals surface area contributed by atoms with E-state index in [4.69, 9.17) is 9.47 Å². The molecule has 3 aromatic carbocycles. The van der Waals surface area contributed by atoms with Crippen molar-refractivity contribution in [3.05, 3.63) is 89.0 Å². The van der Waals surface area contributed by atoms with E-state index in [0.717, 1.165) is 12.8 Å². The maximum Gasteiger partial charge on any atom is 0.261 e. The van der Waals surface area contributed by atoms with Gasteiger partial charge in [0.05, 0.1) is 12.8 Å². The quantitative estimate of drug-likeness (QED) is 0.738. The first kappa shape index (κ1) is 17.8. The van der Waals surface area contributed by atoms with Crippen molar-refractivity contribution < 1.29 is 19.4 Å². The van der Waals surface area contributed by atoms with Gasteiger partial charge in [-0.15, -0.1) is 0 Å². The summed E-state index contributed by atoms with van der Waals surface area (Å²) in [6, 6.07) is 20.8. The lowest BCUT2D eigenvalue weighted by molar-refractivity contribution is 0.0935. The van der Waals surface area contributed by atoms with Crippen molar-refractivity contribution in [3.63, 3.8) is 0 Å². The predicted octanol–water partition coefficient (Wildman–Crippen LogP) is 3.89. The van der Waals surface area contributed by atoms with Crippen LogP contribution in [0.3, 0.4) is 0 Å². The molecule has 3 aromatic rings. The average molecular weight is 387 g/mol. The van der Waals surface area contributed by atoms with Gasteiger partial charge in [-0.2, -0.15) is 0 Å². The summed E-state index contributed by atoms with van der Waals surface area (Å²) in [4.78, 5) is 14.2. The molecule has 5 heteroatoms. The van der Waals surface area contributed by atoms with Gasteiger partial charge in [0.2, 0.25) is 0 Å². The Labute approximate surface area is 169 Å². The second-order valence-corrected chi connectivity index (χ2v) is 7.39. The molecule has 146 valence electrons. The van der Waals surface area contributed by atoms with Gasteiger partial charge in [-0.05, 0) is 29.3 Å². The fraction of sp³-hybridized carbons (Fsp3) is 0.208. The van der Waals surface area contributed by atoms with Gasteiger partial charge < -0.3 is 14.6 Å². The third-order valence-electron chi connectivity index (χ3n) is 5.67. The summed E-state index contributed by atoms with van der Waals surface area (Å²) in [5.41, 5.74) is 4.30. The number of aliphatic hydroxyl groups is 1. The number of nitrogens with zero attached hydrogens (tertiary/aromatic N) is 1. The van der Waals surface area contributed by atoms with Gasteiger partial charge in [0.15, 0.2) is 17.7 Å². The number of rotatable bonds is 4. The summed E-state index contributed by atoms with van der Waals surface area (Å²) in [5, 5.41) is 10.7. The van der Waals surface area contributed by atoms with Crippen molar-refractivity contribution in [1.29, 1.82) is 0 Å². The van der Waals surface area contributed by atoms with Crippen LogP contribution in [0.1, 0.15) is 33.3 Å². The minimum atomic E-state index is -1.02. The number of fused-ring (bicyclic) bond motifs is 2. The van der Waals surface area contributed by atoms with E-state index in [0.29, 0.717) is 28.3 Å². The highest BCUT2D eigenvalue weighted by molar-refractivity contribution is 6.10. The number of amides is 1. The molecule has 0 radical (unpaired) electrons. The zero-order valence-electron chi connectivity index (χ0n) is 16.0. The minimum absolute atomic E-state index is 0.00736. The second-order valence-electron chi connectivity index (χ2n) is 7.39. The molecule has 0 aromatic heterocycles. The van der Waals surface area contributed by atoms with E-state index >= 15 is 0 Å². The molecular formula is C24H21NO4. The number of anilines is 1. The highest BCUT2D eigenvalue weighted by Gasteiger charge is 2.36. The molecule has 29 heavy (non-hydrogen) atoms. The van der Waals surface area contributed by atoms with Gasteiger partial charge in [0, 0.05) is 30.0 Å². The number of carbonyl (C=O) groups is 1. The Balaban J connectivity index is 1.44. The van der Waals surface area contributed by atoms with E-state index in [2.05, 4.69) is 12.1 Å². The summed E-state index contributed by atoms with van der Waals surface area (Å²) in [7, 11) is 1.59. The number of ether oxygens (including phenoxy) is 2. The van der Waals surface area contributed by atoms with Crippen LogP contribution in [-0.2, 0) is 12.8 Å². The highest BCUT2D eigenvalue weighted by atomic mass is 16.5. The maximum atomic E-state index is 12.9. The highest BCUT2D eigenvalue weighted by Crippen LogP contribution is 2.40. The molecule has 1 atom stereocenters. The summed E-state index contributed by atoms with van der Waals surface area (Å²) in [6.45, 7) is 0. The Morgan fingerprint density at radius 1 is 0.931 bits per heavy atom. The van der Waals surface area contributed by atoms with E-state index in [1.807, 2.05) is 18.2 Å². The van der Waals surface area contributed by atoms with Gasteiger partial charge >= 0.3 is 0 Å². The van der Waals surface area contributed by atoms with Crippen molar-refractivity contribution in [2.75, 3.05) is 12.0 Å². The van der Waals surface area contributed by atoms with Crippen LogP contribution in [0.15, 0.2) is 66.7 Å². The number of aliphatic hydroxyl groups excluding tert-OH is 1. The zero-order valence-corrected chi connectivity index (χ0v) is 16.0. The monoisotopic (exact) mass is 387 g/mol. The van der Waals surface area contributed by atoms with Crippen LogP contribution in [0.4, 0.5) is 5.69 Å². The molecule has 0 spiro atoms. The van der Waals surface area contributed by atoms with Crippen molar-refractivity contribution in [2.45, 2.75) is 25.2 Å². The Morgan fingerprint density at radius 3 is 2.31 bits per heavy atom. The summed E-state index contributed by atoms with van der Waals surface area (Å²) in [5.74, 6) is 0.944. The Hall–Kier alpha value is -3.31. The Bertz CT molecular complexity index is 1070. The predicted molar refractivity (Wildman–Crippen MR) is 109 cm³/mol. The molecule has 1 heterocycles. The van der Waals surface area contributed by atoms with Gasteiger partial charge in [-0.3, -0.25) is 9.69 Å². The number of benzene rings is 3. The number of carbonyl (C=O) groups excluding carboxylic acids is 1. The topological polar surface area (TPSA) is 59.0 Å². The molecule has 5 rings (SSSR count). The van der Waals surface area contributed by atoms with E-state index in [1.54, 1.807) is 43.5 Å². The van der Waals surface area contributed by atoms with Crippen LogP contribution in [0.25, 0.3) is 0 Å². The minimum Gasteiger partial charge on any atom is -0.493 e. The van der Waals surface area contributed by atoms with Crippen LogP contribution in [0.2, 0.25) is 0 Å². The third-order valence-corrected chi connectivity index (χ3v) is 5.67. The Kier molecular flexibility index (Phi) is 4.25. The molecule has 1 unspecified atom stereocenters. The molecular weight excluding hydrogens is 366 g/mol. The van der Waals surface area contributed by atoms with Crippen LogP contribution in [-0.4, -0.2) is 24.2 Å². The van der Waals surface area contributed by atoms with Crippen molar-refractivity contribution >= 4 is 11.6 Å². The van der Waals surface area contributed by atoms with Gasteiger partial charge in [0.25, 0.3) is 5.91 Å². The van der Waals surface area contributed by atoms with Crippen LogP contribution >= 0.6 is 0 Å². The molecule has 1 aliphatic carbocycles. The van der Waals surface area contributed by atoms with Crippen LogP contribution < -0.4 is 14.4 Å². The molecule has 0 fully saturated rings. The molecule has 0 bridgehead atoms. The fourth-order valence-corrected chi connectivity index (χ4v) is 4.24. The first-order chi connectivity index (χ1) is 14.2. The maximum absolute atomic E-state index is 12.9. The standard InChI is InChI=1S/C24H21NO4/c1-28-21-11-10-17(25-23(26)19-8-4-5-9-20(19)24(25)27)14-22(21)29-18-12-15-6-2-3-7-16(15)13-18/h2-11,14,18,23,26H,12-13H2,1H3. The fourth-order valence-electron chi connectivity index (χ4n) is 4.24. The summed E-state index contributed by atoms with van der Waals surface area (Å²) in [6.07, 6.45) is 0.657. The van der Waals surface area contributed by atoms with Gasteiger partial charge in [-0.1, -0.05) is 42.5 Å². The zero-order chi connectivity index (χ0) is 20.0. The lowest BCUT2D eigenvalue weighted by Crippen LogP contribution is -2.27. The second kappa shape index (κ2) is 6.94. The van der Waals surface area contributed by atoms with Gasteiger partial charge in [-0.25, -0.2) is 0 Å². The van der Waals surface area contributed by atoms with E-state index in [-0.39, 0.29) is 12.0 Å². The normalized spacial score (nSPS) is 17.9. The molecule has 1 amide bonds. The van der Waals surface area contributed by atoms with Crippen molar-refractivity contribution in [1.82, 2.24) is 0 Å². The molecule has 1 N–H and O–H groups in total. The smallest absolute Gasteiger partial charge is 0.261 e. The summed E-state index contributed by atoms with van der Waals surface area (Å²) < 4.78 is 11.8. The number of hydrogen-bond donors (Lipinski definition) is 1. The largest absolute Gasteiger partial charge is 0.493 e. The molecule has 0 saturated heterocycles. The molecule has 1 aliphatic heterocycles. The molecule has 5 nitrogen and oxygen atoms in total. The summed E-state index contributed by atoms with van der Waals surface area (Å²) >= 11 is 0. The lowest BCUT2D eigenvalue weighted by atomic mass is 10.1. The molecule has 0 saturated carbocycles. The Morgan fingerprint density at radius 2 is 1.62 bits per heavy atom. The van der Waals surface area contributed by atoms with Crippen LogP contribution in [0, 0.1) is 0 Å². The van der Waals surface area contributed by atoms with E-state index in [1.165, 1.54) is 16.0 Å². The van der Waals surface area contributed by atoms with Crippen molar-refractivity contribution in [3.8, 4) is 11.5 Å². The van der Waals surface area contributed by atoms with Gasteiger partial charge in [0.1, 0.15) is 6.10 Å². The molecule has 2 aliphatic rings. The first-order valence-corrected chi connectivity index (χ1v) is 9.67. The van der Waals surface area contributed by atoms with E-state index < -0.39 is 6.23 Å². The van der Waals surface area contributed by atoms with E-state index in [9.17, 15) is 9.90 Å².